The molecule has 2 aliphatic rings. The average Bonchev–Trinajstić information content (AvgIpc) is 2.37. The fourth-order valence-electron chi connectivity index (χ4n) is 2.84. The van der Waals surface area contributed by atoms with Crippen LogP contribution in [0.4, 0.5) is 0 Å². The van der Waals surface area contributed by atoms with Crippen LogP contribution in [-0.4, -0.2) is 23.7 Å². The smallest absolute Gasteiger partial charge is 0.194 e. The summed E-state index contributed by atoms with van der Waals surface area (Å²) in [6.07, 6.45) is 0. The highest BCUT2D eigenvalue weighted by molar-refractivity contribution is 7.82. The second kappa shape index (κ2) is 3.75. The van der Waals surface area contributed by atoms with Crippen LogP contribution in [0.2, 0.25) is 0 Å². The van der Waals surface area contributed by atoms with E-state index in [0.29, 0.717) is 19.1 Å². The van der Waals surface area contributed by atoms with Gasteiger partial charge < -0.3 is 9.47 Å². The van der Waals surface area contributed by atoms with Gasteiger partial charge in [-0.25, -0.2) is 0 Å². The molecule has 1 saturated carbocycles. The van der Waals surface area contributed by atoms with E-state index in [1.807, 2.05) is 0 Å². The molecule has 3 heteroatoms. The normalized spacial score (nSPS) is 44.2. The molecular formula is C14H24O2S. The molecule has 0 aromatic heterocycles. The van der Waals surface area contributed by atoms with Crippen molar-refractivity contribution in [1.29, 1.82) is 0 Å². The summed E-state index contributed by atoms with van der Waals surface area (Å²) >= 11 is 4.77. The summed E-state index contributed by atoms with van der Waals surface area (Å²) in [5, 5.41) is 0. The number of rotatable bonds is 0. The predicted octanol–water partition coefficient (Wildman–Crippen LogP) is 3.29. The highest BCUT2D eigenvalue weighted by Crippen LogP contribution is 2.56. The summed E-state index contributed by atoms with van der Waals surface area (Å²) in [5.74, 6) is 0.0546. The van der Waals surface area contributed by atoms with E-state index < -0.39 is 5.79 Å². The van der Waals surface area contributed by atoms with E-state index in [9.17, 15) is 0 Å². The van der Waals surface area contributed by atoms with Crippen molar-refractivity contribution < 1.29 is 9.47 Å². The van der Waals surface area contributed by atoms with Gasteiger partial charge in [-0.05, 0) is 18.4 Å². The molecule has 0 amide bonds. The molecule has 98 valence electrons. The lowest BCUT2D eigenvalue weighted by molar-refractivity contribution is -0.294. The Morgan fingerprint density at radius 3 is 1.94 bits per heavy atom. The van der Waals surface area contributed by atoms with Crippen LogP contribution in [0.5, 0.6) is 0 Å². The lowest BCUT2D eigenvalue weighted by Gasteiger charge is -2.45. The first-order valence-electron chi connectivity index (χ1n) is 6.34. The van der Waals surface area contributed by atoms with Crippen LogP contribution in [0.1, 0.15) is 34.6 Å². The molecule has 2 fully saturated rings. The number of hydrogen-bond acceptors (Lipinski definition) is 3. The van der Waals surface area contributed by atoms with Crippen molar-refractivity contribution in [3.05, 3.63) is 12.2 Å². The van der Waals surface area contributed by atoms with Crippen LogP contribution in [0.25, 0.3) is 0 Å². The van der Waals surface area contributed by atoms with Crippen LogP contribution >= 0.6 is 12.6 Å². The monoisotopic (exact) mass is 256 g/mol. The Hall–Kier alpha value is 0.01000. The molecule has 1 aliphatic heterocycles. The summed E-state index contributed by atoms with van der Waals surface area (Å²) in [5.41, 5.74) is 1.06. The molecule has 17 heavy (non-hydrogen) atoms. The summed E-state index contributed by atoms with van der Waals surface area (Å²) in [4.78, 5) is 0. The second-order valence-electron chi connectivity index (χ2n) is 6.61. The highest BCUT2D eigenvalue weighted by atomic mass is 32.1. The van der Waals surface area contributed by atoms with Gasteiger partial charge in [0.25, 0.3) is 0 Å². The van der Waals surface area contributed by atoms with Crippen molar-refractivity contribution in [2.24, 2.45) is 17.3 Å². The fourth-order valence-corrected chi connectivity index (χ4v) is 3.22. The first-order valence-corrected chi connectivity index (χ1v) is 6.78. The van der Waals surface area contributed by atoms with Crippen LogP contribution < -0.4 is 0 Å². The number of ether oxygens (including phenoxy) is 2. The van der Waals surface area contributed by atoms with E-state index in [-0.39, 0.29) is 16.1 Å². The topological polar surface area (TPSA) is 18.5 Å². The largest absolute Gasteiger partial charge is 0.345 e. The van der Waals surface area contributed by atoms with E-state index >= 15 is 0 Å². The van der Waals surface area contributed by atoms with Crippen LogP contribution in [0.3, 0.4) is 0 Å². The Labute approximate surface area is 110 Å². The van der Waals surface area contributed by atoms with Crippen LogP contribution in [0, 0.1) is 17.3 Å². The van der Waals surface area contributed by atoms with Gasteiger partial charge in [-0.2, -0.15) is 12.6 Å². The Kier molecular flexibility index (Phi) is 2.97. The summed E-state index contributed by atoms with van der Waals surface area (Å²) in [7, 11) is 0. The highest BCUT2D eigenvalue weighted by Gasteiger charge is 2.61. The Morgan fingerprint density at radius 2 is 1.59 bits per heavy atom. The molecule has 1 heterocycles. The van der Waals surface area contributed by atoms with Gasteiger partial charge in [-0.15, -0.1) is 0 Å². The van der Waals surface area contributed by atoms with Gasteiger partial charge in [0.15, 0.2) is 5.79 Å². The minimum atomic E-state index is -0.620. The molecule has 2 nitrogen and oxygen atoms in total. The zero-order valence-corrected chi connectivity index (χ0v) is 12.4. The van der Waals surface area contributed by atoms with Gasteiger partial charge in [-0.1, -0.05) is 34.3 Å². The molecule has 1 saturated heterocycles. The van der Waals surface area contributed by atoms with Crippen LogP contribution in [0.15, 0.2) is 12.2 Å². The third kappa shape index (κ3) is 1.78. The molecule has 0 aromatic carbocycles. The maximum absolute atomic E-state index is 6.10. The zero-order chi connectivity index (χ0) is 13.1. The maximum atomic E-state index is 6.10. The number of thiol groups is 1. The van der Waals surface area contributed by atoms with Crippen molar-refractivity contribution in [3.8, 4) is 0 Å². The molecule has 3 unspecified atom stereocenters. The minimum Gasteiger partial charge on any atom is -0.345 e. The van der Waals surface area contributed by atoms with Gasteiger partial charge in [0.2, 0.25) is 0 Å². The van der Waals surface area contributed by atoms with Crippen molar-refractivity contribution in [1.82, 2.24) is 0 Å². The summed E-state index contributed by atoms with van der Waals surface area (Å²) in [6.45, 7) is 16.4. The van der Waals surface area contributed by atoms with Crippen molar-refractivity contribution in [2.45, 2.75) is 45.2 Å². The molecule has 3 atom stereocenters. The molecule has 0 bridgehead atoms. The van der Waals surface area contributed by atoms with Crippen LogP contribution in [-0.2, 0) is 9.47 Å². The van der Waals surface area contributed by atoms with E-state index in [1.165, 1.54) is 0 Å². The molecule has 0 N–H and O–H groups in total. The first-order chi connectivity index (χ1) is 7.63. The van der Waals surface area contributed by atoms with Crippen molar-refractivity contribution in [3.63, 3.8) is 0 Å². The predicted molar refractivity (Wildman–Crippen MR) is 73.3 cm³/mol. The molecule has 1 spiro atoms. The molecule has 0 radical (unpaired) electrons. The standard InChI is InChI=1S/C14H24O2S/c1-9-10(2)14(11(3)13(9,6)17)15-7-12(4,5)8-16-14/h9-10,17H,3,7-8H2,1-2,4-6H3. The Balaban J connectivity index is 2.31. The third-order valence-electron chi connectivity index (χ3n) is 4.62. The van der Waals surface area contributed by atoms with Gasteiger partial charge in [0.05, 0.1) is 13.2 Å². The quantitative estimate of drug-likeness (QED) is 0.529. The second-order valence-corrected chi connectivity index (χ2v) is 7.54. The lowest BCUT2D eigenvalue weighted by atomic mass is 9.90. The molecule has 1 aliphatic carbocycles. The zero-order valence-electron chi connectivity index (χ0n) is 11.5. The van der Waals surface area contributed by atoms with Gasteiger partial charge in [0.1, 0.15) is 0 Å². The maximum Gasteiger partial charge on any atom is 0.194 e. The van der Waals surface area contributed by atoms with E-state index in [0.717, 1.165) is 5.57 Å². The van der Waals surface area contributed by atoms with E-state index in [2.05, 4.69) is 41.2 Å². The SMILES string of the molecule is C=C1C(C)(S)C(C)C(C)C12OCC(C)(C)CO2. The average molecular weight is 256 g/mol. The lowest BCUT2D eigenvalue weighted by Crippen LogP contribution is -2.50. The Morgan fingerprint density at radius 1 is 1.12 bits per heavy atom. The van der Waals surface area contributed by atoms with Gasteiger partial charge >= 0.3 is 0 Å². The van der Waals surface area contributed by atoms with Crippen molar-refractivity contribution >= 4 is 12.6 Å². The summed E-state index contributed by atoms with van der Waals surface area (Å²) < 4.78 is 12.0. The first kappa shape index (κ1) is 13.4. The van der Waals surface area contributed by atoms with E-state index in [4.69, 9.17) is 22.1 Å². The van der Waals surface area contributed by atoms with E-state index in [1.54, 1.807) is 0 Å². The third-order valence-corrected chi connectivity index (χ3v) is 5.30. The van der Waals surface area contributed by atoms with Gasteiger partial charge in [0, 0.05) is 16.1 Å². The van der Waals surface area contributed by atoms with Gasteiger partial charge in [-0.3, -0.25) is 0 Å². The summed E-state index contributed by atoms with van der Waals surface area (Å²) in [6, 6.07) is 0. The molecule has 2 rings (SSSR count). The van der Waals surface area contributed by atoms with Crippen molar-refractivity contribution in [2.75, 3.05) is 13.2 Å². The minimum absolute atomic E-state index is 0.0874. The molecule has 0 aromatic rings. The number of hydrogen-bond donors (Lipinski definition) is 1. The fraction of sp³-hybridized carbons (Fsp3) is 0.857. The molecular weight excluding hydrogens is 232 g/mol. The Bertz CT molecular complexity index is 336.